The molecule has 0 radical (unpaired) electrons. The Balaban J connectivity index is 2.60. The summed E-state index contributed by atoms with van der Waals surface area (Å²) in [5.41, 5.74) is 1.52. The van der Waals surface area contributed by atoms with Crippen LogP contribution in [0.4, 0.5) is 4.39 Å². The first-order chi connectivity index (χ1) is 8.34. The third-order valence-electron chi connectivity index (χ3n) is 2.91. The summed E-state index contributed by atoms with van der Waals surface area (Å²) in [6.45, 7) is 4.98. The van der Waals surface area contributed by atoms with E-state index >= 15 is 0 Å². The highest BCUT2D eigenvalue weighted by atomic mass is 35.5. The third-order valence-corrected chi connectivity index (χ3v) is 4.75. The Morgan fingerprint density at radius 1 is 1.50 bits per heavy atom. The van der Waals surface area contributed by atoms with Crippen molar-refractivity contribution < 1.29 is 4.39 Å². The molecule has 0 spiro atoms. The van der Waals surface area contributed by atoms with Gasteiger partial charge in [-0.15, -0.1) is 0 Å². The molecule has 1 aromatic heterocycles. The lowest BCUT2D eigenvalue weighted by atomic mass is 10.2. The molecule has 0 unspecified atom stereocenters. The van der Waals surface area contributed by atoms with Gasteiger partial charge in [-0.3, -0.25) is 0 Å². The van der Waals surface area contributed by atoms with Gasteiger partial charge < -0.3 is 9.55 Å². The van der Waals surface area contributed by atoms with E-state index in [-0.39, 0.29) is 9.77 Å². The Kier molecular flexibility index (Phi) is 3.76. The molecule has 0 bridgehead atoms. The summed E-state index contributed by atoms with van der Waals surface area (Å²) in [5, 5.41) is 0.107. The normalized spacial score (nSPS) is 12.3. The highest BCUT2D eigenvalue weighted by Gasteiger charge is 2.19. The Hall–Kier alpha value is -0.520. The van der Waals surface area contributed by atoms with Crippen molar-refractivity contribution in [1.82, 2.24) is 9.55 Å². The van der Waals surface area contributed by atoms with Crippen LogP contribution in [0.3, 0.4) is 0 Å². The van der Waals surface area contributed by atoms with E-state index < -0.39 is 5.82 Å². The monoisotopic (exact) mass is 304 g/mol. The molecule has 98 valence electrons. The van der Waals surface area contributed by atoms with Gasteiger partial charge in [0.05, 0.1) is 16.1 Å². The molecule has 0 saturated carbocycles. The van der Waals surface area contributed by atoms with Gasteiger partial charge in [0, 0.05) is 17.4 Å². The molecule has 1 N–H and O–H groups in total. The van der Waals surface area contributed by atoms with Gasteiger partial charge in [0.1, 0.15) is 5.82 Å². The van der Waals surface area contributed by atoms with Crippen molar-refractivity contribution in [3.05, 3.63) is 27.7 Å². The third kappa shape index (κ3) is 2.58. The van der Waals surface area contributed by atoms with Crippen molar-refractivity contribution in [1.29, 1.82) is 0 Å². The lowest BCUT2D eigenvalue weighted by Gasteiger charge is -2.22. The van der Waals surface area contributed by atoms with E-state index in [0.29, 0.717) is 11.3 Å². The van der Waals surface area contributed by atoms with Crippen molar-refractivity contribution in [3.63, 3.8) is 0 Å². The van der Waals surface area contributed by atoms with Crippen molar-refractivity contribution in [2.45, 2.75) is 25.1 Å². The van der Waals surface area contributed by atoms with Crippen molar-refractivity contribution in [2.75, 3.05) is 6.26 Å². The summed E-state index contributed by atoms with van der Waals surface area (Å²) < 4.78 is 16.1. The van der Waals surface area contributed by atoms with Gasteiger partial charge in [0.25, 0.3) is 0 Å². The van der Waals surface area contributed by atoms with Crippen LogP contribution in [0.1, 0.15) is 13.8 Å². The van der Waals surface area contributed by atoms with Crippen LogP contribution in [0.15, 0.2) is 12.1 Å². The Morgan fingerprint density at radius 3 is 2.78 bits per heavy atom. The van der Waals surface area contributed by atoms with Gasteiger partial charge in [0.2, 0.25) is 0 Å². The highest BCUT2D eigenvalue weighted by molar-refractivity contribution is 7.99. The number of hydrogen-bond acceptors (Lipinski definition) is 2. The smallest absolute Gasteiger partial charge is 0.178 e. The minimum atomic E-state index is -0.422. The average Bonchev–Trinajstić information content (AvgIpc) is 2.57. The van der Waals surface area contributed by atoms with E-state index in [2.05, 4.69) is 25.1 Å². The number of imidazole rings is 1. The maximum atomic E-state index is 13.6. The second kappa shape index (κ2) is 4.87. The molecule has 0 saturated heterocycles. The number of nitrogens with one attached hydrogen (secondary N) is 1. The fraction of sp³-hybridized carbons (Fsp3) is 0.417. The van der Waals surface area contributed by atoms with Crippen LogP contribution in [0, 0.1) is 10.6 Å². The number of thioether (sulfide) groups is 1. The van der Waals surface area contributed by atoms with Crippen molar-refractivity contribution in [3.8, 4) is 0 Å². The van der Waals surface area contributed by atoms with E-state index in [4.69, 9.17) is 23.8 Å². The predicted octanol–water partition coefficient (Wildman–Crippen LogP) is 4.63. The molecule has 2 aromatic rings. The molecule has 0 fully saturated rings. The van der Waals surface area contributed by atoms with Crippen LogP contribution >= 0.6 is 35.6 Å². The number of hydrogen-bond donors (Lipinski definition) is 1. The minimum absolute atomic E-state index is 0.0312. The molecular formula is C12H14ClFN2S2. The molecule has 2 rings (SSSR count). The van der Waals surface area contributed by atoms with Gasteiger partial charge in [0.15, 0.2) is 4.77 Å². The van der Waals surface area contributed by atoms with Crippen LogP contribution < -0.4 is 0 Å². The molecule has 1 aromatic carbocycles. The molecular weight excluding hydrogens is 291 g/mol. The van der Waals surface area contributed by atoms with Crippen LogP contribution in [0.5, 0.6) is 0 Å². The molecule has 0 aliphatic rings. The zero-order valence-corrected chi connectivity index (χ0v) is 12.8. The van der Waals surface area contributed by atoms with E-state index in [1.807, 2.05) is 4.57 Å². The zero-order valence-electron chi connectivity index (χ0n) is 10.4. The summed E-state index contributed by atoms with van der Waals surface area (Å²) in [4.78, 5) is 3.06. The maximum absolute atomic E-state index is 13.6. The molecule has 0 aliphatic carbocycles. The first kappa shape index (κ1) is 13.9. The largest absolute Gasteiger partial charge is 0.331 e. The van der Waals surface area contributed by atoms with E-state index in [1.54, 1.807) is 17.8 Å². The minimum Gasteiger partial charge on any atom is -0.331 e. The second-order valence-electron chi connectivity index (χ2n) is 4.76. The number of H-pyrrole nitrogens is 1. The molecule has 0 amide bonds. The Morgan fingerprint density at radius 2 is 2.17 bits per heavy atom. The standard InChI is InChI=1S/C12H14ClFN2S2/c1-12(2,18-3)6-16-10-5-8(14)7(13)4-9(10)15-11(16)17/h4-5H,6H2,1-3H3,(H,15,17). The van der Waals surface area contributed by atoms with Gasteiger partial charge in [-0.25, -0.2) is 4.39 Å². The molecule has 1 heterocycles. The number of aromatic amines is 1. The van der Waals surface area contributed by atoms with Crippen LogP contribution in [-0.2, 0) is 6.54 Å². The van der Waals surface area contributed by atoms with E-state index in [1.165, 1.54) is 6.07 Å². The number of benzene rings is 1. The molecule has 0 atom stereocenters. The number of halogens is 2. The number of nitrogens with zero attached hydrogens (tertiary/aromatic N) is 1. The first-order valence-electron chi connectivity index (χ1n) is 5.47. The van der Waals surface area contributed by atoms with Crippen LogP contribution in [0.25, 0.3) is 11.0 Å². The lowest BCUT2D eigenvalue weighted by Crippen LogP contribution is -2.22. The second-order valence-corrected chi connectivity index (χ2v) is 7.07. The van der Waals surface area contributed by atoms with Crippen molar-refractivity contribution in [2.24, 2.45) is 0 Å². The quantitative estimate of drug-likeness (QED) is 0.834. The molecule has 6 heteroatoms. The van der Waals surface area contributed by atoms with Crippen molar-refractivity contribution >= 4 is 46.6 Å². The SMILES string of the molecule is CSC(C)(C)Cn1c(=S)[nH]c2cc(Cl)c(F)cc21. The summed E-state index contributed by atoms with van der Waals surface area (Å²) in [7, 11) is 0. The summed E-state index contributed by atoms with van der Waals surface area (Å²) >= 11 is 12.8. The molecule has 18 heavy (non-hydrogen) atoms. The van der Waals surface area contributed by atoms with Gasteiger partial charge in [-0.1, -0.05) is 11.6 Å². The van der Waals surface area contributed by atoms with Crippen LogP contribution in [0.2, 0.25) is 5.02 Å². The zero-order chi connectivity index (χ0) is 13.5. The summed E-state index contributed by atoms with van der Waals surface area (Å²) in [6, 6.07) is 3.00. The number of rotatable bonds is 3. The molecule has 2 nitrogen and oxygen atoms in total. The fourth-order valence-corrected chi connectivity index (χ4v) is 2.45. The lowest BCUT2D eigenvalue weighted by molar-refractivity contribution is 0.572. The Labute approximate surface area is 120 Å². The van der Waals surface area contributed by atoms with Crippen LogP contribution in [-0.4, -0.2) is 20.6 Å². The molecule has 0 aliphatic heterocycles. The maximum Gasteiger partial charge on any atom is 0.178 e. The summed E-state index contributed by atoms with van der Waals surface area (Å²) in [6.07, 6.45) is 2.05. The van der Waals surface area contributed by atoms with Gasteiger partial charge in [-0.05, 0) is 38.4 Å². The highest BCUT2D eigenvalue weighted by Crippen LogP contribution is 2.28. The average molecular weight is 305 g/mol. The van der Waals surface area contributed by atoms with E-state index in [0.717, 1.165) is 11.0 Å². The number of aromatic nitrogens is 2. The number of fused-ring (bicyclic) bond motifs is 1. The summed E-state index contributed by atoms with van der Waals surface area (Å²) in [5.74, 6) is -0.422. The van der Waals surface area contributed by atoms with Gasteiger partial charge >= 0.3 is 0 Å². The van der Waals surface area contributed by atoms with Gasteiger partial charge in [-0.2, -0.15) is 11.8 Å². The predicted molar refractivity (Wildman–Crippen MR) is 79.7 cm³/mol. The first-order valence-corrected chi connectivity index (χ1v) is 7.48. The van der Waals surface area contributed by atoms with E-state index in [9.17, 15) is 4.39 Å². The fourth-order valence-electron chi connectivity index (χ4n) is 1.75. The topological polar surface area (TPSA) is 20.7 Å². The Bertz CT molecular complexity index is 645.